The molecule has 0 aliphatic carbocycles. The third-order valence-electron chi connectivity index (χ3n) is 2.07. The van der Waals surface area contributed by atoms with E-state index in [1.54, 1.807) is 6.92 Å². The molecule has 2 rings (SSSR count). The van der Waals surface area contributed by atoms with Crippen LogP contribution in [0.5, 0.6) is 0 Å². The van der Waals surface area contributed by atoms with Gasteiger partial charge in [-0.3, -0.25) is 4.72 Å². The smallest absolute Gasteiger partial charge is 0.263 e. The summed E-state index contributed by atoms with van der Waals surface area (Å²) in [5, 5.41) is 3.50. The molecule has 0 atom stereocenters. The molecule has 0 saturated heterocycles. The summed E-state index contributed by atoms with van der Waals surface area (Å²) in [5.74, 6) is -0.139. The number of rotatable bonds is 3. The first kappa shape index (κ1) is 13.0. The predicted octanol–water partition coefficient (Wildman–Crippen LogP) is 2.69. The molecule has 1 aromatic carbocycles. The molecule has 0 aliphatic rings. The van der Waals surface area contributed by atoms with Crippen LogP contribution >= 0.6 is 15.9 Å². The van der Waals surface area contributed by atoms with Gasteiger partial charge in [0, 0.05) is 6.07 Å². The molecule has 0 saturated carbocycles. The van der Waals surface area contributed by atoms with Crippen molar-refractivity contribution in [2.75, 3.05) is 4.72 Å². The normalized spacial score (nSPS) is 11.5. The SMILES string of the molecule is Cc1cc(NS(=O)(=O)c2ccc(Br)c(F)c2)no1. The molecule has 8 heteroatoms. The first-order valence-corrected chi connectivity index (χ1v) is 7.07. The lowest BCUT2D eigenvalue weighted by Gasteiger charge is -2.05. The molecule has 0 radical (unpaired) electrons. The van der Waals surface area contributed by atoms with Gasteiger partial charge in [0.05, 0.1) is 9.37 Å². The van der Waals surface area contributed by atoms with Gasteiger partial charge in [0.1, 0.15) is 11.6 Å². The van der Waals surface area contributed by atoms with Crippen LogP contribution in [0.15, 0.2) is 38.2 Å². The third-order valence-corrected chi connectivity index (χ3v) is 4.06. The average Bonchev–Trinajstić information content (AvgIpc) is 2.67. The summed E-state index contributed by atoms with van der Waals surface area (Å²) in [5.41, 5.74) is 0. The minimum absolute atomic E-state index is 0.0517. The molecule has 0 bridgehead atoms. The van der Waals surface area contributed by atoms with Crippen LogP contribution < -0.4 is 4.72 Å². The molecule has 0 fully saturated rings. The summed E-state index contributed by atoms with van der Waals surface area (Å²) in [6.07, 6.45) is 0. The molecule has 1 aromatic heterocycles. The standard InChI is InChI=1S/C10H8BrFN2O3S/c1-6-4-10(13-17-6)14-18(15,16)7-2-3-8(11)9(12)5-7/h2-5H,1H3,(H,13,14). The Balaban J connectivity index is 2.33. The van der Waals surface area contributed by atoms with Crippen LogP contribution in [0.3, 0.4) is 0 Å². The Bertz CT molecular complexity index is 684. The van der Waals surface area contributed by atoms with Gasteiger partial charge in [-0.2, -0.15) is 0 Å². The van der Waals surface area contributed by atoms with Gasteiger partial charge in [-0.15, -0.1) is 0 Å². The molecule has 96 valence electrons. The van der Waals surface area contributed by atoms with Gasteiger partial charge in [-0.1, -0.05) is 5.16 Å². The van der Waals surface area contributed by atoms with Crippen molar-refractivity contribution in [3.63, 3.8) is 0 Å². The Morgan fingerprint density at radius 1 is 1.39 bits per heavy atom. The van der Waals surface area contributed by atoms with Crippen LogP contribution in [0.2, 0.25) is 0 Å². The molecule has 5 nitrogen and oxygen atoms in total. The fourth-order valence-corrected chi connectivity index (χ4v) is 2.50. The third kappa shape index (κ3) is 2.70. The van der Waals surface area contributed by atoms with Gasteiger partial charge >= 0.3 is 0 Å². The van der Waals surface area contributed by atoms with Gasteiger partial charge in [-0.05, 0) is 41.1 Å². The van der Waals surface area contributed by atoms with E-state index in [2.05, 4.69) is 25.8 Å². The molecule has 2 aromatic rings. The van der Waals surface area contributed by atoms with Crippen molar-refractivity contribution in [2.45, 2.75) is 11.8 Å². The van der Waals surface area contributed by atoms with E-state index in [4.69, 9.17) is 4.52 Å². The summed E-state index contributed by atoms with van der Waals surface area (Å²) in [7, 11) is -3.87. The van der Waals surface area contributed by atoms with Crippen LogP contribution in [0.1, 0.15) is 5.76 Å². The molecule has 18 heavy (non-hydrogen) atoms. The van der Waals surface area contributed by atoms with Gasteiger partial charge < -0.3 is 4.52 Å². The Kier molecular flexibility index (Phi) is 3.40. The highest BCUT2D eigenvalue weighted by atomic mass is 79.9. The Morgan fingerprint density at radius 3 is 2.67 bits per heavy atom. The molecule has 1 heterocycles. The first-order chi connectivity index (χ1) is 8.38. The second-order valence-corrected chi connectivity index (χ2v) is 6.04. The number of nitrogens with zero attached hydrogens (tertiary/aromatic N) is 1. The number of nitrogens with one attached hydrogen (secondary N) is 1. The number of anilines is 1. The van der Waals surface area contributed by atoms with Crippen LogP contribution in [-0.4, -0.2) is 13.6 Å². The molecule has 1 N–H and O–H groups in total. The summed E-state index contributed by atoms with van der Waals surface area (Å²) < 4.78 is 44.2. The zero-order chi connectivity index (χ0) is 13.3. The summed E-state index contributed by atoms with van der Waals surface area (Å²) in [4.78, 5) is -0.191. The number of benzene rings is 1. The molecule has 0 unspecified atom stereocenters. The zero-order valence-corrected chi connectivity index (χ0v) is 11.5. The minimum Gasteiger partial charge on any atom is -0.360 e. The van der Waals surface area contributed by atoms with E-state index in [1.807, 2.05) is 0 Å². The highest BCUT2D eigenvalue weighted by molar-refractivity contribution is 9.10. The number of aromatic nitrogens is 1. The summed E-state index contributed by atoms with van der Waals surface area (Å²) in [6.45, 7) is 1.63. The first-order valence-electron chi connectivity index (χ1n) is 4.80. The minimum atomic E-state index is -3.87. The lowest BCUT2D eigenvalue weighted by atomic mass is 10.3. The number of hydrogen-bond acceptors (Lipinski definition) is 4. The van der Waals surface area contributed by atoms with Gasteiger partial charge in [0.2, 0.25) is 0 Å². The summed E-state index contributed by atoms with van der Waals surface area (Å²) >= 11 is 2.95. The number of hydrogen-bond donors (Lipinski definition) is 1. The van der Waals surface area contributed by atoms with Crippen LogP contribution in [0, 0.1) is 12.7 Å². The zero-order valence-electron chi connectivity index (χ0n) is 9.15. The van der Waals surface area contributed by atoms with E-state index >= 15 is 0 Å². The van der Waals surface area contributed by atoms with Gasteiger partial charge in [-0.25, -0.2) is 12.8 Å². The Morgan fingerprint density at radius 2 is 2.11 bits per heavy atom. The summed E-state index contributed by atoms with van der Waals surface area (Å²) in [6, 6.07) is 4.94. The lowest BCUT2D eigenvalue weighted by Crippen LogP contribution is -2.13. The molecule has 0 aliphatic heterocycles. The fourth-order valence-electron chi connectivity index (χ4n) is 1.26. The second-order valence-electron chi connectivity index (χ2n) is 3.50. The average molecular weight is 335 g/mol. The Hall–Kier alpha value is -1.41. The maximum absolute atomic E-state index is 13.3. The van der Waals surface area contributed by atoms with E-state index in [9.17, 15) is 12.8 Å². The van der Waals surface area contributed by atoms with Crippen LogP contribution in [0.4, 0.5) is 10.2 Å². The van der Waals surface area contributed by atoms with Crippen LogP contribution in [0.25, 0.3) is 0 Å². The Labute approximate surface area is 111 Å². The van der Waals surface area contributed by atoms with E-state index in [0.29, 0.717) is 5.76 Å². The topological polar surface area (TPSA) is 72.2 Å². The number of sulfonamides is 1. The van der Waals surface area contributed by atoms with E-state index in [1.165, 1.54) is 18.2 Å². The monoisotopic (exact) mass is 334 g/mol. The van der Waals surface area contributed by atoms with Crippen molar-refractivity contribution in [3.8, 4) is 0 Å². The predicted molar refractivity (Wildman–Crippen MR) is 66.1 cm³/mol. The van der Waals surface area contributed by atoms with Crippen molar-refractivity contribution in [2.24, 2.45) is 0 Å². The second kappa shape index (κ2) is 4.69. The van der Waals surface area contributed by atoms with Crippen molar-refractivity contribution >= 4 is 31.8 Å². The maximum Gasteiger partial charge on any atom is 0.263 e. The van der Waals surface area contributed by atoms with Gasteiger partial charge in [0.25, 0.3) is 10.0 Å². The number of halogens is 2. The molecule has 0 amide bonds. The van der Waals surface area contributed by atoms with Crippen molar-refractivity contribution < 1.29 is 17.3 Å². The van der Waals surface area contributed by atoms with Crippen molar-refractivity contribution in [1.82, 2.24) is 5.16 Å². The van der Waals surface area contributed by atoms with Gasteiger partial charge in [0.15, 0.2) is 5.82 Å². The van der Waals surface area contributed by atoms with E-state index < -0.39 is 15.8 Å². The number of aryl methyl sites for hydroxylation is 1. The van der Waals surface area contributed by atoms with E-state index in [0.717, 1.165) is 6.07 Å². The largest absolute Gasteiger partial charge is 0.360 e. The highest BCUT2D eigenvalue weighted by Gasteiger charge is 2.17. The molecular formula is C10H8BrFN2O3S. The fraction of sp³-hybridized carbons (Fsp3) is 0.100. The van der Waals surface area contributed by atoms with Crippen molar-refractivity contribution in [1.29, 1.82) is 0 Å². The van der Waals surface area contributed by atoms with Crippen LogP contribution in [-0.2, 0) is 10.0 Å². The quantitative estimate of drug-likeness (QED) is 0.936. The maximum atomic E-state index is 13.3. The van der Waals surface area contributed by atoms with Crippen molar-refractivity contribution in [3.05, 3.63) is 40.3 Å². The molecule has 0 spiro atoms. The molecular weight excluding hydrogens is 327 g/mol. The highest BCUT2D eigenvalue weighted by Crippen LogP contribution is 2.21. The van der Waals surface area contributed by atoms with E-state index in [-0.39, 0.29) is 15.2 Å². The lowest BCUT2D eigenvalue weighted by molar-refractivity contribution is 0.400.